The molecule has 7 nitrogen and oxygen atoms in total. The van der Waals surface area contributed by atoms with Gasteiger partial charge < -0.3 is 4.90 Å². The maximum Gasteiger partial charge on any atom is 0.274 e. The summed E-state index contributed by atoms with van der Waals surface area (Å²) in [4.78, 5) is 32.6. The Bertz CT molecular complexity index is 685. The normalized spacial score (nSPS) is 10.3. The van der Waals surface area contributed by atoms with Crippen LogP contribution in [0.25, 0.3) is 0 Å². The van der Waals surface area contributed by atoms with E-state index in [1.54, 1.807) is 25.1 Å². The summed E-state index contributed by atoms with van der Waals surface area (Å²) in [6.45, 7) is 4.17. The van der Waals surface area contributed by atoms with Crippen LogP contribution in [0, 0.1) is 17.0 Å². The molecule has 114 valence electrons. The van der Waals surface area contributed by atoms with Gasteiger partial charge >= 0.3 is 0 Å². The van der Waals surface area contributed by atoms with Gasteiger partial charge in [0.2, 0.25) is 0 Å². The fourth-order valence-corrected chi connectivity index (χ4v) is 2.02. The summed E-state index contributed by atoms with van der Waals surface area (Å²) in [6, 6.07) is 6.39. The minimum Gasteiger partial charge on any atom is -0.333 e. The molecule has 0 spiro atoms. The Balaban J connectivity index is 2.24. The van der Waals surface area contributed by atoms with Crippen molar-refractivity contribution in [1.29, 1.82) is 0 Å². The summed E-state index contributed by atoms with van der Waals surface area (Å²) in [5, 5.41) is 11.0. The average Bonchev–Trinajstić information content (AvgIpc) is 2.53. The second-order valence-electron chi connectivity index (χ2n) is 4.75. The first-order valence-corrected chi connectivity index (χ1v) is 6.83. The predicted molar refractivity (Wildman–Crippen MR) is 80.3 cm³/mol. The Hall–Kier alpha value is -2.83. The molecule has 0 aliphatic heterocycles. The number of rotatable bonds is 5. The van der Waals surface area contributed by atoms with Crippen LogP contribution < -0.4 is 0 Å². The van der Waals surface area contributed by atoms with E-state index in [0.717, 1.165) is 5.69 Å². The molecule has 0 radical (unpaired) electrons. The fourth-order valence-electron chi connectivity index (χ4n) is 2.02. The van der Waals surface area contributed by atoms with E-state index in [9.17, 15) is 14.9 Å². The van der Waals surface area contributed by atoms with E-state index < -0.39 is 4.92 Å². The van der Waals surface area contributed by atoms with Crippen molar-refractivity contribution in [2.45, 2.75) is 20.4 Å². The van der Waals surface area contributed by atoms with Gasteiger partial charge in [-0.05, 0) is 13.8 Å². The summed E-state index contributed by atoms with van der Waals surface area (Å²) in [5.74, 6) is -0.298. The molecule has 0 atom stereocenters. The van der Waals surface area contributed by atoms with Gasteiger partial charge in [-0.3, -0.25) is 19.9 Å². The predicted octanol–water partition coefficient (Wildman–Crippen LogP) is 2.36. The number of benzene rings is 1. The molecular weight excluding hydrogens is 284 g/mol. The maximum absolute atomic E-state index is 12.4. The Morgan fingerprint density at radius 2 is 2.00 bits per heavy atom. The van der Waals surface area contributed by atoms with Gasteiger partial charge in [0.15, 0.2) is 0 Å². The van der Waals surface area contributed by atoms with Crippen LogP contribution in [0.2, 0.25) is 0 Å². The Labute approximate surface area is 127 Å². The third-order valence-electron chi connectivity index (χ3n) is 3.22. The number of nitrogens with zero attached hydrogens (tertiary/aromatic N) is 4. The lowest BCUT2D eigenvalue weighted by atomic mass is 10.1. The zero-order chi connectivity index (χ0) is 16.1. The van der Waals surface area contributed by atoms with Gasteiger partial charge in [-0.2, -0.15) is 0 Å². The number of nitro groups is 1. The van der Waals surface area contributed by atoms with Crippen molar-refractivity contribution in [3.8, 4) is 0 Å². The Morgan fingerprint density at radius 1 is 1.27 bits per heavy atom. The van der Waals surface area contributed by atoms with Crippen molar-refractivity contribution in [2.24, 2.45) is 0 Å². The van der Waals surface area contributed by atoms with E-state index in [4.69, 9.17) is 0 Å². The van der Waals surface area contributed by atoms with Gasteiger partial charge in [0.25, 0.3) is 11.6 Å². The second kappa shape index (κ2) is 6.75. The molecule has 0 aliphatic rings. The van der Waals surface area contributed by atoms with Gasteiger partial charge in [-0.25, -0.2) is 4.98 Å². The molecule has 2 rings (SSSR count). The minimum atomic E-state index is -0.445. The van der Waals surface area contributed by atoms with Crippen molar-refractivity contribution in [3.63, 3.8) is 0 Å². The van der Waals surface area contributed by atoms with Crippen LogP contribution in [0.15, 0.2) is 36.7 Å². The summed E-state index contributed by atoms with van der Waals surface area (Å²) in [5.41, 5.74) is 1.44. The van der Waals surface area contributed by atoms with Gasteiger partial charge in [0, 0.05) is 24.4 Å². The lowest BCUT2D eigenvalue weighted by Gasteiger charge is -2.20. The fraction of sp³-hybridized carbons (Fsp3) is 0.267. The molecule has 0 saturated carbocycles. The molecule has 1 amide bonds. The average molecular weight is 300 g/mol. The van der Waals surface area contributed by atoms with Crippen molar-refractivity contribution in [2.75, 3.05) is 6.54 Å². The lowest BCUT2D eigenvalue weighted by Crippen LogP contribution is -2.31. The molecule has 0 bridgehead atoms. The number of amides is 1. The summed E-state index contributed by atoms with van der Waals surface area (Å²) >= 11 is 0. The molecule has 7 heteroatoms. The highest BCUT2D eigenvalue weighted by Gasteiger charge is 2.20. The molecule has 0 saturated heterocycles. The molecule has 0 unspecified atom stereocenters. The molecule has 1 aromatic carbocycles. The Kier molecular flexibility index (Phi) is 4.77. The van der Waals surface area contributed by atoms with E-state index in [1.165, 1.54) is 23.4 Å². The first-order chi connectivity index (χ1) is 10.5. The monoisotopic (exact) mass is 300 g/mol. The zero-order valence-corrected chi connectivity index (χ0v) is 12.4. The summed E-state index contributed by atoms with van der Waals surface area (Å²) < 4.78 is 0. The quantitative estimate of drug-likeness (QED) is 0.624. The summed E-state index contributed by atoms with van der Waals surface area (Å²) in [7, 11) is 0. The van der Waals surface area contributed by atoms with Crippen molar-refractivity contribution >= 4 is 11.6 Å². The number of carbonyl (C=O) groups excluding carboxylic acids is 1. The van der Waals surface area contributed by atoms with E-state index >= 15 is 0 Å². The van der Waals surface area contributed by atoms with Crippen LogP contribution in [-0.2, 0) is 6.54 Å². The minimum absolute atomic E-state index is 0.00346. The van der Waals surface area contributed by atoms with Crippen molar-refractivity contribution in [1.82, 2.24) is 14.9 Å². The number of carbonyl (C=O) groups is 1. The molecule has 1 heterocycles. The number of hydrogen-bond donors (Lipinski definition) is 0. The number of aromatic nitrogens is 2. The first-order valence-electron chi connectivity index (χ1n) is 6.83. The maximum atomic E-state index is 12.4. The number of para-hydroxylation sites is 1. The van der Waals surface area contributed by atoms with Crippen LogP contribution in [0.5, 0.6) is 0 Å². The number of aryl methyl sites for hydroxylation is 1. The largest absolute Gasteiger partial charge is 0.333 e. The van der Waals surface area contributed by atoms with E-state index in [2.05, 4.69) is 9.97 Å². The smallest absolute Gasteiger partial charge is 0.274 e. The van der Waals surface area contributed by atoms with Crippen LogP contribution in [0.1, 0.15) is 28.7 Å². The zero-order valence-electron chi connectivity index (χ0n) is 12.4. The molecule has 0 N–H and O–H groups in total. The van der Waals surface area contributed by atoms with Crippen LogP contribution >= 0.6 is 0 Å². The molecular formula is C15H16N4O3. The van der Waals surface area contributed by atoms with Crippen LogP contribution in [0.4, 0.5) is 5.69 Å². The number of nitro benzene ring substituents is 1. The second-order valence-corrected chi connectivity index (χ2v) is 4.75. The van der Waals surface area contributed by atoms with Gasteiger partial charge in [-0.1, -0.05) is 18.2 Å². The van der Waals surface area contributed by atoms with E-state index in [1.807, 2.05) is 6.92 Å². The third-order valence-corrected chi connectivity index (χ3v) is 3.22. The van der Waals surface area contributed by atoms with E-state index in [0.29, 0.717) is 12.1 Å². The summed E-state index contributed by atoms with van der Waals surface area (Å²) in [6.07, 6.45) is 2.94. The van der Waals surface area contributed by atoms with Gasteiger partial charge in [0.05, 0.1) is 23.4 Å². The SMILES string of the molecule is CCN(Cc1ccccc1[N+](=O)[O-])C(=O)c1cnc(C)cn1. The number of hydrogen-bond acceptors (Lipinski definition) is 5. The van der Waals surface area contributed by atoms with Crippen LogP contribution in [0.3, 0.4) is 0 Å². The lowest BCUT2D eigenvalue weighted by molar-refractivity contribution is -0.385. The topological polar surface area (TPSA) is 89.2 Å². The highest BCUT2D eigenvalue weighted by atomic mass is 16.6. The van der Waals surface area contributed by atoms with Crippen molar-refractivity contribution < 1.29 is 9.72 Å². The molecule has 0 fully saturated rings. The van der Waals surface area contributed by atoms with Crippen LogP contribution in [-0.4, -0.2) is 32.2 Å². The highest BCUT2D eigenvalue weighted by molar-refractivity contribution is 5.92. The van der Waals surface area contributed by atoms with Crippen molar-refractivity contribution in [3.05, 3.63) is 63.7 Å². The Morgan fingerprint density at radius 3 is 2.59 bits per heavy atom. The molecule has 0 aliphatic carbocycles. The molecule has 2 aromatic rings. The van der Waals surface area contributed by atoms with Gasteiger partial charge in [-0.15, -0.1) is 0 Å². The van der Waals surface area contributed by atoms with E-state index in [-0.39, 0.29) is 23.8 Å². The first kappa shape index (κ1) is 15.6. The molecule has 22 heavy (non-hydrogen) atoms. The van der Waals surface area contributed by atoms with Gasteiger partial charge in [0.1, 0.15) is 5.69 Å². The standard InChI is InChI=1S/C15H16N4O3/c1-3-18(15(20)13-9-16-11(2)8-17-13)10-12-6-4-5-7-14(12)19(21)22/h4-9H,3,10H2,1-2H3. The third kappa shape index (κ3) is 3.43. The molecule has 1 aromatic heterocycles. The highest BCUT2D eigenvalue weighted by Crippen LogP contribution is 2.20.